The van der Waals surface area contributed by atoms with Gasteiger partial charge in [-0.15, -0.1) is 11.8 Å². The summed E-state index contributed by atoms with van der Waals surface area (Å²) in [5.41, 5.74) is 3.39. The van der Waals surface area contributed by atoms with Crippen LogP contribution in [0.4, 0.5) is 11.4 Å². The van der Waals surface area contributed by atoms with Gasteiger partial charge in [0, 0.05) is 23.3 Å². The first-order valence-electron chi connectivity index (χ1n) is 9.04. The van der Waals surface area contributed by atoms with Crippen LogP contribution in [0.15, 0.2) is 78.0 Å². The van der Waals surface area contributed by atoms with Crippen LogP contribution >= 0.6 is 11.8 Å². The summed E-state index contributed by atoms with van der Waals surface area (Å²) in [6.45, 7) is 0.710. The Kier molecular flexibility index (Phi) is 5.39. The molecule has 0 aliphatic carbocycles. The lowest BCUT2D eigenvalue weighted by atomic mass is 10.2. The number of benzene rings is 2. The highest BCUT2D eigenvalue weighted by molar-refractivity contribution is 8.00. The summed E-state index contributed by atoms with van der Waals surface area (Å²) < 4.78 is 0. The van der Waals surface area contributed by atoms with E-state index in [1.165, 1.54) is 17.3 Å². The van der Waals surface area contributed by atoms with Crippen molar-refractivity contribution in [2.75, 3.05) is 22.5 Å². The quantitative estimate of drug-likeness (QED) is 0.670. The maximum absolute atomic E-state index is 12.7. The minimum Gasteiger partial charge on any atom is -0.321 e. The van der Waals surface area contributed by atoms with E-state index in [2.05, 4.69) is 16.4 Å². The van der Waals surface area contributed by atoms with Crippen LogP contribution in [-0.2, 0) is 11.2 Å². The van der Waals surface area contributed by atoms with E-state index < -0.39 is 0 Å². The van der Waals surface area contributed by atoms with E-state index in [1.54, 1.807) is 30.6 Å². The van der Waals surface area contributed by atoms with Gasteiger partial charge in [0.2, 0.25) is 5.91 Å². The zero-order valence-corrected chi connectivity index (χ0v) is 16.0. The largest absolute Gasteiger partial charge is 0.321 e. The number of nitrogens with zero attached hydrogens (tertiary/aromatic N) is 2. The molecular formula is C22H19N3O2S. The molecule has 6 heteroatoms. The van der Waals surface area contributed by atoms with Crippen LogP contribution in [0.25, 0.3) is 0 Å². The highest BCUT2D eigenvalue weighted by Crippen LogP contribution is 2.30. The number of hydrogen-bond donors (Lipinski definition) is 1. The van der Waals surface area contributed by atoms with Gasteiger partial charge in [-0.1, -0.05) is 30.3 Å². The number of hydrogen-bond acceptors (Lipinski definition) is 4. The molecule has 0 saturated heterocycles. The standard InChI is InChI=1S/C22H19N3O2S/c26-21(25-13-11-16-6-1-3-9-19(16)25)15-28-20-10-4-2-8-18(20)22(27)24-17-7-5-12-23-14-17/h1-10,12,14H,11,13,15H2,(H,24,27). The molecule has 0 bridgehead atoms. The molecule has 2 amide bonds. The van der Waals surface area contributed by atoms with Crippen molar-refractivity contribution in [2.24, 2.45) is 0 Å². The topological polar surface area (TPSA) is 62.3 Å². The first kappa shape index (κ1) is 18.3. The average molecular weight is 389 g/mol. The van der Waals surface area contributed by atoms with E-state index in [1.807, 2.05) is 41.3 Å². The fourth-order valence-corrected chi connectivity index (χ4v) is 4.16. The maximum Gasteiger partial charge on any atom is 0.256 e. The smallest absolute Gasteiger partial charge is 0.256 e. The molecule has 1 aromatic heterocycles. The number of carbonyl (C=O) groups excluding carboxylic acids is 2. The molecule has 2 heterocycles. The van der Waals surface area contributed by atoms with Crippen molar-refractivity contribution in [1.29, 1.82) is 0 Å². The number of fused-ring (bicyclic) bond motifs is 1. The summed E-state index contributed by atoms with van der Waals surface area (Å²) >= 11 is 1.39. The van der Waals surface area contributed by atoms with Crippen molar-refractivity contribution >= 4 is 35.0 Å². The summed E-state index contributed by atoms with van der Waals surface area (Å²) in [5.74, 6) is 0.124. The van der Waals surface area contributed by atoms with E-state index in [4.69, 9.17) is 0 Å². The number of para-hydroxylation sites is 1. The lowest BCUT2D eigenvalue weighted by molar-refractivity contribution is -0.116. The van der Waals surface area contributed by atoms with Crippen LogP contribution < -0.4 is 10.2 Å². The van der Waals surface area contributed by atoms with E-state index in [0.29, 0.717) is 17.8 Å². The second-order valence-electron chi connectivity index (χ2n) is 6.40. The molecule has 28 heavy (non-hydrogen) atoms. The number of nitrogens with one attached hydrogen (secondary N) is 1. The lowest BCUT2D eigenvalue weighted by Gasteiger charge is -2.17. The van der Waals surface area contributed by atoms with Gasteiger partial charge in [-0.3, -0.25) is 14.6 Å². The maximum atomic E-state index is 12.7. The number of pyridine rings is 1. The number of carbonyl (C=O) groups is 2. The number of amides is 2. The third kappa shape index (κ3) is 3.92. The van der Waals surface area contributed by atoms with Gasteiger partial charge in [0.1, 0.15) is 0 Å². The first-order valence-corrected chi connectivity index (χ1v) is 10.0. The molecule has 1 N–H and O–H groups in total. The van der Waals surface area contributed by atoms with Crippen molar-refractivity contribution < 1.29 is 9.59 Å². The van der Waals surface area contributed by atoms with Crippen molar-refractivity contribution in [3.8, 4) is 0 Å². The summed E-state index contributed by atoms with van der Waals surface area (Å²) in [5, 5.41) is 2.84. The van der Waals surface area contributed by atoms with Gasteiger partial charge in [-0.2, -0.15) is 0 Å². The Morgan fingerprint density at radius 2 is 1.86 bits per heavy atom. The van der Waals surface area contributed by atoms with E-state index in [0.717, 1.165) is 17.0 Å². The molecule has 5 nitrogen and oxygen atoms in total. The zero-order chi connectivity index (χ0) is 19.3. The molecular weight excluding hydrogens is 370 g/mol. The minimum atomic E-state index is -0.213. The Hall–Kier alpha value is -3.12. The van der Waals surface area contributed by atoms with Gasteiger partial charge >= 0.3 is 0 Å². The Balaban J connectivity index is 1.44. The molecule has 1 aliphatic heterocycles. The van der Waals surface area contributed by atoms with Gasteiger partial charge in [0.05, 0.1) is 23.2 Å². The molecule has 0 spiro atoms. The third-order valence-corrected chi connectivity index (χ3v) is 5.65. The van der Waals surface area contributed by atoms with E-state index >= 15 is 0 Å². The number of thioether (sulfide) groups is 1. The van der Waals surface area contributed by atoms with Crippen LogP contribution in [-0.4, -0.2) is 29.1 Å². The van der Waals surface area contributed by atoms with Crippen molar-refractivity contribution in [2.45, 2.75) is 11.3 Å². The predicted molar refractivity (Wildman–Crippen MR) is 112 cm³/mol. The van der Waals surface area contributed by atoms with Gasteiger partial charge in [0.15, 0.2) is 0 Å². The van der Waals surface area contributed by atoms with Crippen molar-refractivity contribution in [3.05, 3.63) is 84.2 Å². The van der Waals surface area contributed by atoms with Gasteiger partial charge in [-0.05, 0) is 42.3 Å². The van der Waals surface area contributed by atoms with Crippen LogP contribution in [0.3, 0.4) is 0 Å². The minimum absolute atomic E-state index is 0.0532. The highest BCUT2D eigenvalue weighted by Gasteiger charge is 2.24. The molecule has 0 unspecified atom stereocenters. The molecule has 0 radical (unpaired) electrons. The van der Waals surface area contributed by atoms with Crippen LogP contribution in [0.1, 0.15) is 15.9 Å². The summed E-state index contributed by atoms with van der Waals surface area (Å²) in [4.78, 5) is 32.0. The summed E-state index contributed by atoms with van der Waals surface area (Å²) in [7, 11) is 0. The lowest BCUT2D eigenvalue weighted by Crippen LogP contribution is -2.30. The van der Waals surface area contributed by atoms with Crippen molar-refractivity contribution in [1.82, 2.24) is 4.98 Å². The SMILES string of the molecule is O=C(Nc1cccnc1)c1ccccc1SCC(=O)N1CCc2ccccc21. The Morgan fingerprint density at radius 3 is 2.71 bits per heavy atom. The second-order valence-corrected chi connectivity index (χ2v) is 7.42. The van der Waals surface area contributed by atoms with Crippen LogP contribution in [0, 0.1) is 0 Å². The first-order chi connectivity index (χ1) is 13.7. The molecule has 3 aromatic rings. The fraction of sp³-hybridized carbons (Fsp3) is 0.136. The highest BCUT2D eigenvalue weighted by atomic mass is 32.2. The number of anilines is 2. The predicted octanol–water partition coefficient (Wildman–Crippen LogP) is 4.02. The Labute approximate surface area is 167 Å². The van der Waals surface area contributed by atoms with Gasteiger partial charge < -0.3 is 10.2 Å². The van der Waals surface area contributed by atoms with Crippen LogP contribution in [0.2, 0.25) is 0 Å². The fourth-order valence-electron chi connectivity index (χ4n) is 3.23. The molecule has 4 rings (SSSR count). The van der Waals surface area contributed by atoms with Crippen LogP contribution in [0.5, 0.6) is 0 Å². The van der Waals surface area contributed by atoms with E-state index in [-0.39, 0.29) is 17.6 Å². The normalized spacial score (nSPS) is 12.5. The Bertz CT molecular complexity index is 1010. The van der Waals surface area contributed by atoms with E-state index in [9.17, 15) is 9.59 Å². The number of rotatable bonds is 5. The molecule has 0 atom stereocenters. The average Bonchev–Trinajstić information content (AvgIpc) is 3.17. The monoisotopic (exact) mass is 389 g/mol. The molecule has 1 aliphatic rings. The Morgan fingerprint density at radius 1 is 1.04 bits per heavy atom. The summed E-state index contributed by atoms with van der Waals surface area (Å²) in [6.07, 6.45) is 4.14. The third-order valence-electron chi connectivity index (χ3n) is 4.59. The van der Waals surface area contributed by atoms with Gasteiger partial charge in [-0.25, -0.2) is 0 Å². The molecule has 0 saturated carbocycles. The molecule has 140 valence electrons. The van der Waals surface area contributed by atoms with Gasteiger partial charge in [0.25, 0.3) is 5.91 Å². The second kappa shape index (κ2) is 8.27. The number of aromatic nitrogens is 1. The zero-order valence-electron chi connectivity index (χ0n) is 15.2. The summed E-state index contributed by atoms with van der Waals surface area (Å²) in [6, 6.07) is 18.9. The van der Waals surface area contributed by atoms with Crippen molar-refractivity contribution in [3.63, 3.8) is 0 Å². The molecule has 0 fully saturated rings. The molecule has 2 aromatic carbocycles.